The molecule has 96 valence electrons. The van der Waals surface area contributed by atoms with Gasteiger partial charge in [0.2, 0.25) is 0 Å². The van der Waals surface area contributed by atoms with Gasteiger partial charge in [0, 0.05) is 17.2 Å². The van der Waals surface area contributed by atoms with E-state index in [1.54, 1.807) is 6.07 Å². The third-order valence-corrected chi connectivity index (χ3v) is 3.54. The molecule has 0 saturated heterocycles. The predicted octanol–water partition coefficient (Wildman–Crippen LogP) is 1.38. The summed E-state index contributed by atoms with van der Waals surface area (Å²) in [7, 11) is 0. The maximum atomic E-state index is 13.6. The van der Waals surface area contributed by atoms with Crippen LogP contribution in [0.1, 0.15) is 12.5 Å². The minimum atomic E-state index is -0.813. The first-order valence-electron chi connectivity index (χ1n) is 5.58. The predicted molar refractivity (Wildman–Crippen MR) is 67.6 cm³/mol. The van der Waals surface area contributed by atoms with Crippen molar-refractivity contribution in [1.29, 1.82) is 0 Å². The van der Waals surface area contributed by atoms with Gasteiger partial charge in [-0.3, -0.25) is 0 Å². The molecule has 1 atom stereocenters. The van der Waals surface area contributed by atoms with Crippen LogP contribution in [0.25, 0.3) is 0 Å². The Hall–Kier alpha value is -0.620. The van der Waals surface area contributed by atoms with Crippen LogP contribution >= 0.6 is 11.8 Å². The van der Waals surface area contributed by atoms with E-state index in [0.717, 1.165) is 12.1 Å². The molecule has 5 heteroatoms. The lowest BCUT2D eigenvalue weighted by Crippen LogP contribution is -2.16. The van der Waals surface area contributed by atoms with Gasteiger partial charge < -0.3 is 15.5 Å². The molecule has 1 unspecified atom stereocenters. The van der Waals surface area contributed by atoms with E-state index in [4.69, 9.17) is 5.11 Å². The Kier molecular flexibility index (Phi) is 6.50. The summed E-state index contributed by atoms with van der Waals surface area (Å²) >= 11 is 1.23. The normalized spacial score (nSPS) is 12.7. The van der Waals surface area contributed by atoms with Crippen molar-refractivity contribution < 1.29 is 14.6 Å². The first-order chi connectivity index (χ1) is 8.19. The smallest absolute Gasteiger partial charge is 0.137 e. The van der Waals surface area contributed by atoms with Gasteiger partial charge in [-0.2, -0.15) is 0 Å². The maximum absolute atomic E-state index is 13.6. The highest BCUT2D eigenvalue weighted by Crippen LogP contribution is 2.26. The largest absolute Gasteiger partial charge is 0.394 e. The Balaban J connectivity index is 2.72. The van der Waals surface area contributed by atoms with Gasteiger partial charge in [-0.1, -0.05) is 19.1 Å². The summed E-state index contributed by atoms with van der Waals surface area (Å²) in [6, 6.07) is 4.94. The highest BCUT2D eigenvalue weighted by molar-refractivity contribution is 7.99. The van der Waals surface area contributed by atoms with Crippen LogP contribution in [-0.2, 0) is 6.54 Å². The second-order valence-corrected chi connectivity index (χ2v) is 4.69. The standard InChI is InChI=1S/C12H18FNO2S/c1-2-14-6-9-4-3-5-11(13)12(9)17-8-10(16)7-15/h3-5,10,14-16H,2,6-8H2,1H3. The van der Waals surface area contributed by atoms with Gasteiger partial charge in [0.25, 0.3) is 0 Å². The molecule has 0 aliphatic carbocycles. The van der Waals surface area contributed by atoms with Gasteiger partial charge in [0.1, 0.15) is 5.82 Å². The van der Waals surface area contributed by atoms with Gasteiger partial charge in [-0.05, 0) is 18.2 Å². The lowest BCUT2D eigenvalue weighted by Gasteiger charge is -2.12. The number of thioether (sulfide) groups is 1. The minimum Gasteiger partial charge on any atom is -0.394 e. The van der Waals surface area contributed by atoms with Gasteiger partial charge in [-0.25, -0.2) is 4.39 Å². The fourth-order valence-electron chi connectivity index (χ4n) is 1.35. The molecule has 0 aromatic heterocycles. The summed E-state index contributed by atoms with van der Waals surface area (Å²) in [6.45, 7) is 3.11. The number of hydrogen-bond acceptors (Lipinski definition) is 4. The molecular weight excluding hydrogens is 241 g/mol. The molecule has 0 spiro atoms. The molecule has 1 aromatic carbocycles. The lowest BCUT2D eigenvalue weighted by molar-refractivity contribution is 0.113. The van der Waals surface area contributed by atoms with E-state index in [9.17, 15) is 9.50 Å². The first-order valence-corrected chi connectivity index (χ1v) is 6.57. The molecule has 17 heavy (non-hydrogen) atoms. The van der Waals surface area contributed by atoms with E-state index in [1.807, 2.05) is 13.0 Å². The average molecular weight is 259 g/mol. The fraction of sp³-hybridized carbons (Fsp3) is 0.500. The van der Waals surface area contributed by atoms with Crippen LogP contribution in [0.15, 0.2) is 23.1 Å². The van der Waals surface area contributed by atoms with Crippen molar-refractivity contribution in [3.05, 3.63) is 29.6 Å². The molecule has 1 rings (SSSR count). The molecule has 0 aliphatic rings. The third kappa shape index (κ3) is 4.63. The number of halogens is 1. The number of rotatable bonds is 7. The Morgan fingerprint density at radius 1 is 1.47 bits per heavy atom. The molecule has 0 fully saturated rings. The number of benzene rings is 1. The average Bonchev–Trinajstić information content (AvgIpc) is 2.34. The van der Waals surface area contributed by atoms with E-state index < -0.39 is 6.10 Å². The topological polar surface area (TPSA) is 52.5 Å². The Bertz CT molecular complexity index is 349. The van der Waals surface area contributed by atoms with E-state index >= 15 is 0 Å². The second kappa shape index (κ2) is 7.66. The molecule has 1 aromatic rings. The van der Waals surface area contributed by atoms with Crippen LogP contribution in [0.3, 0.4) is 0 Å². The van der Waals surface area contributed by atoms with Crippen molar-refractivity contribution in [3.8, 4) is 0 Å². The summed E-state index contributed by atoms with van der Waals surface area (Å²) in [5.41, 5.74) is 0.877. The minimum absolute atomic E-state index is 0.282. The monoisotopic (exact) mass is 259 g/mol. The van der Waals surface area contributed by atoms with E-state index in [1.165, 1.54) is 17.8 Å². The van der Waals surface area contributed by atoms with Gasteiger partial charge in [0.15, 0.2) is 0 Å². The Morgan fingerprint density at radius 2 is 2.24 bits per heavy atom. The maximum Gasteiger partial charge on any atom is 0.137 e. The zero-order valence-electron chi connectivity index (χ0n) is 9.82. The van der Waals surface area contributed by atoms with Crippen molar-refractivity contribution in [2.24, 2.45) is 0 Å². The number of hydrogen-bond donors (Lipinski definition) is 3. The molecule has 3 nitrogen and oxygen atoms in total. The van der Waals surface area contributed by atoms with Crippen LogP contribution in [0.4, 0.5) is 4.39 Å². The van der Waals surface area contributed by atoms with Crippen LogP contribution < -0.4 is 5.32 Å². The summed E-state index contributed by atoms with van der Waals surface area (Å²) < 4.78 is 13.6. The Morgan fingerprint density at radius 3 is 2.88 bits per heavy atom. The molecule has 0 saturated carbocycles. The van der Waals surface area contributed by atoms with Crippen molar-refractivity contribution in [3.63, 3.8) is 0 Å². The quantitative estimate of drug-likeness (QED) is 0.648. The van der Waals surface area contributed by atoms with E-state index in [0.29, 0.717) is 11.4 Å². The molecule has 0 radical (unpaired) electrons. The zero-order valence-corrected chi connectivity index (χ0v) is 10.6. The summed E-state index contributed by atoms with van der Waals surface area (Å²) in [5, 5.41) is 21.1. The van der Waals surface area contributed by atoms with Crippen molar-refractivity contribution in [2.75, 3.05) is 18.9 Å². The van der Waals surface area contributed by atoms with Crippen LogP contribution in [-0.4, -0.2) is 35.2 Å². The fourth-order valence-corrected chi connectivity index (χ4v) is 2.34. The number of nitrogens with one attached hydrogen (secondary N) is 1. The summed E-state index contributed by atoms with van der Waals surface area (Å²) in [4.78, 5) is 0.543. The third-order valence-electron chi connectivity index (χ3n) is 2.24. The van der Waals surface area contributed by atoms with Crippen LogP contribution in [0.2, 0.25) is 0 Å². The van der Waals surface area contributed by atoms with Crippen molar-refractivity contribution in [2.45, 2.75) is 24.5 Å². The number of aliphatic hydroxyl groups is 2. The van der Waals surface area contributed by atoms with Crippen molar-refractivity contribution in [1.82, 2.24) is 5.32 Å². The molecular formula is C12H18FNO2S. The van der Waals surface area contributed by atoms with Crippen molar-refractivity contribution >= 4 is 11.8 Å². The van der Waals surface area contributed by atoms with Crippen LogP contribution in [0, 0.1) is 5.82 Å². The molecule has 0 bridgehead atoms. The molecule has 0 amide bonds. The first kappa shape index (κ1) is 14.4. The van der Waals surface area contributed by atoms with Gasteiger partial charge in [0.05, 0.1) is 12.7 Å². The molecule has 0 heterocycles. The number of aliphatic hydroxyl groups excluding tert-OH is 2. The Labute approximate surface area is 105 Å². The highest BCUT2D eigenvalue weighted by Gasteiger charge is 2.11. The SMILES string of the molecule is CCNCc1cccc(F)c1SCC(O)CO. The van der Waals surface area contributed by atoms with E-state index in [-0.39, 0.29) is 18.2 Å². The van der Waals surface area contributed by atoms with Gasteiger partial charge in [-0.15, -0.1) is 11.8 Å². The van der Waals surface area contributed by atoms with Gasteiger partial charge >= 0.3 is 0 Å². The van der Waals surface area contributed by atoms with Crippen LogP contribution in [0.5, 0.6) is 0 Å². The lowest BCUT2D eigenvalue weighted by atomic mass is 10.2. The highest BCUT2D eigenvalue weighted by atomic mass is 32.2. The summed E-state index contributed by atoms with van der Waals surface area (Å²) in [6.07, 6.45) is -0.813. The summed E-state index contributed by atoms with van der Waals surface area (Å²) in [5.74, 6) is 0.00635. The molecule has 0 aliphatic heterocycles. The molecule has 3 N–H and O–H groups in total. The zero-order chi connectivity index (χ0) is 12.7. The van der Waals surface area contributed by atoms with E-state index in [2.05, 4.69) is 5.32 Å². The second-order valence-electron chi connectivity index (χ2n) is 3.66.